The molecule has 1 aromatic heterocycles. The van der Waals surface area contributed by atoms with E-state index < -0.39 is 5.63 Å². The molecule has 1 atom stereocenters. The topological polar surface area (TPSA) is 50.5 Å². The molecule has 0 aliphatic carbocycles. The highest BCUT2D eigenvalue weighted by Crippen LogP contribution is 2.32. The molecule has 4 rings (SSSR count). The minimum atomic E-state index is -0.463. The third-order valence-corrected chi connectivity index (χ3v) is 5.44. The second-order valence-corrected chi connectivity index (χ2v) is 7.35. The maximum atomic E-state index is 13.4. The minimum Gasteiger partial charge on any atom is -0.416 e. The van der Waals surface area contributed by atoms with Gasteiger partial charge in [-0.1, -0.05) is 48.0 Å². The zero-order valence-corrected chi connectivity index (χ0v) is 15.7. The number of hydrogen-bond donors (Lipinski definition) is 0. The van der Waals surface area contributed by atoms with Crippen LogP contribution in [0.15, 0.2) is 57.7 Å². The summed E-state index contributed by atoms with van der Waals surface area (Å²) in [6.07, 6.45) is 3.08. The molecule has 4 nitrogen and oxygen atoms in total. The van der Waals surface area contributed by atoms with E-state index in [0.29, 0.717) is 17.5 Å². The Balaban J connectivity index is 1.96. The van der Waals surface area contributed by atoms with Crippen molar-refractivity contribution in [3.8, 4) is 11.1 Å². The van der Waals surface area contributed by atoms with E-state index in [9.17, 15) is 9.59 Å². The number of fused-ring (bicyclic) bond motifs is 1. The van der Waals surface area contributed by atoms with E-state index in [4.69, 9.17) is 4.42 Å². The van der Waals surface area contributed by atoms with Crippen LogP contribution in [0.5, 0.6) is 0 Å². The van der Waals surface area contributed by atoms with Crippen LogP contribution in [0.25, 0.3) is 21.9 Å². The number of carbonyl (C=O) groups excluding carboxylic acids is 1. The Hall–Kier alpha value is -2.88. The highest BCUT2D eigenvalue weighted by Gasteiger charge is 2.29. The van der Waals surface area contributed by atoms with Gasteiger partial charge in [0.2, 0.25) is 5.76 Å². The SMILES string of the molecule is Cc1ccc(-c2c(C(=O)N3CCCCC3C)oc(=O)c3ccccc23)cc1. The summed E-state index contributed by atoms with van der Waals surface area (Å²) in [5, 5.41) is 1.25. The smallest absolute Gasteiger partial charge is 0.344 e. The highest BCUT2D eigenvalue weighted by atomic mass is 16.4. The summed E-state index contributed by atoms with van der Waals surface area (Å²) in [6.45, 7) is 4.78. The van der Waals surface area contributed by atoms with Crippen LogP contribution in [-0.2, 0) is 0 Å². The van der Waals surface area contributed by atoms with E-state index in [1.807, 2.05) is 54.3 Å². The van der Waals surface area contributed by atoms with E-state index in [0.717, 1.165) is 35.8 Å². The van der Waals surface area contributed by atoms with Gasteiger partial charge in [-0.2, -0.15) is 0 Å². The van der Waals surface area contributed by atoms with Gasteiger partial charge in [0, 0.05) is 23.5 Å². The van der Waals surface area contributed by atoms with Crippen LogP contribution in [0.1, 0.15) is 42.3 Å². The van der Waals surface area contributed by atoms with Crippen molar-refractivity contribution in [3.63, 3.8) is 0 Å². The van der Waals surface area contributed by atoms with Gasteiger partial charge in [-0.05, 0) is 44.7 Å². The van der Waals surface area contributed by atoms with Crippen LogP contribution >= 0.6 is 0 Å². The standard InChI is InChI=1S/C23H23NO3/c1-15-10-12-17(13-11-15)20-18-8-3-4-9-19(18)23(26)27-21(20)22(25)24-14-6-5-7-16(24)2/h3-4,8-13,16H,5-7,14H2,1-2H3. The van der Waals surface area contributed by atoms with Crippen molar-refractivity contribution in [2.45, 2.75) is 39.2 Å². The summed E-state index contributed by atoms with van der Waals surface area (Å²) in [5.41, 5.74) is 2.26. The molecule has 4 heteroatoms. The molecular formula is C23H23NO3. The quantitative estimate of drug-likeness (QED) is 0.660. The minimum absolute atomic E-state index is 0.147. The number of piperidine rings is 1. The number of aryl methyl sites for hydroxylation is 1. The van der Waals surface area contributed by atoms with Crippen LogP contribution in [0.4, 0.5) is 0 Å². The second kappa shape index (κ2) is 7.03. The Kier molecular flexibility index (Phi) is 4.56. The average molecular weight is 361 g/mol. The molecule has 0 spiro atoms. The van der Waals surface area contributed by atoms with Gasteiger partial charge in [0.25, 0.3) is 5.91 Å². The third kappa shape index (κ3) is 3.16. The van der Waals surface area contributed by atoms with Crippen LogP contribution in [0.3, 0.4) is 0 Å². The predicted molar refractivity (Wildman–Crippen MR) is 107 cm³/mol. The van der Waals surface area contributed by atoms with Crippen molar-refractivity contribution in [2.75, 3.05) is 6.54 Å². The number of amides is 1. The van der Waals surface area contributed by atoms with Gasteiger partial charge in [0.1, 0.15) is 0 Å². The molecular weight excluding hydrogens is 338 g/mol. The van der Waals surface area contributed by atoms with Crippen LogP contribution < -0.4 is 5.63 Å². The maximum absolute atomic E-state index is 13.4. The lowest BCUT2D eigenvalue weighted by Crippen LogP contribution is -2.42. The first-order valence-electron chi connectivity index (χ1n) is 9.50. The van der Waals surface area contributed by atoms with Crippen LogP contribution in [0.2, 0.25) is 0 Å². The largest absolute Gasteiger partial charge is 0.416 e. The van der Waals surface area contributed by atoms with Crippen molar-refractivity contribution >= 4 is 16.7 Å². The van der Waals surface area contributed by atoms with Crippen molar-refractivity contribution < 1.29 is 9.21 Å². The zero-order chi connectivity index (χ0) is 19.0. The molecule has 0 saturated carbocycles. The first-order valence-corrected chi connectivity index (χ1v) is 9.50. The lowest BCUT2D eigenvalue weighted by molar-refractivity contribution is 0.0600. The molecule has 3 aromatic rings. The van der Waals surface area contributed by atoms with Gasteiger partial charge in [-0.25, -0.2) is 4.79 Å². The first-order chi connectivity index (χ1) is 13.1. The van der Waals surface area contributed by atoms with E-state index in [1.54, 1.807) is 6.07 Å². The molecule has 27 heavy (non-hydrogen) atoms. The Morgan fingerprint density at radius 2 is 1.74 bits per heavy atom. The average Bonchev–Trinajstić information content (AvgIpc) is 2.69. The molecule has 2 aromatic carbocycles. The van der Waals surface area contributed by atoms with Gasteiger partial charge in [-0.3, -0.25) is 4.79 Å². The number of carbonyl (C=O) groups is 1. The normalized spacial score (nSPS) is 17.3. The van der Waals surface area contributed by atoms with Crippen LogP contribution in [0, 0.1) is 6.92 Å². The summed E-state index contributed by atoms with van der Waals surface area (Å²) in [5.74, 6) is -0.0445. The number of rotatable bonds is 2. The number of nitrogens with zero attached hydrogens (tertiary/aromatic N) is 1. The highest BCUT2D eigenvalue weighted by molar-refractivity contribution is 6.07. The monoisotopic (exact) mass is 361 g/mol. The van der Waals surface area contributed by atoms with Crippen molar-refractivity contribution in [1.82, 2.24) is 4.90 Å². The summed E-state index contributed by atoms with van der Waals surface area (Å²) in [7, 11) is 0. The molecule has 1 aliphatic rings. The Morgan fingerprint density at radius 3 is 2.44 bits per heavy atom. The molecule has 0 bridgehead atoms. The zero-order valence-electron chi connectivity index (χ0n) is 15.7. The molecule has 0 radical (unpaired) electrons. The van der Waals surface area contributed by atoms with Gasteiger partial charge in [0.05, 0.1) is 5.39 Å². The number of likely N-dealkylation sites (tertiary alicyclic amines) is 1. The second-order valence-electron chi connectivity index (χ2n) is 7.35. The van der Waals surface area contributed by atoms with Crippen LogP contribution in [-0.4, -0.2) is 23.4 Å². The van der Waals surface area contributed by atoms with Gasteiger partial charge < -0.3 is 9.32 Å². The summed E-state index contributed by atoms with van der Waals surface area (Å²) in [6, 6.07) is 15.5. The van der Waals surface area contributed by atoms with Gasteiger partial charge in [-0.15, -0.1) is 0 Å². The van der Waals surface area contributed by atoms with Crippen molar-refractivity contribution in [2.24, 2.45) is 0 Å². The van der Waals surface area contributed by atoms with Crippen molar-refractivity contribution in [1.29, 1.82) is 0 Å². The van der Waals surface area contributed by atoms with Gasteiger partial charge in [0.15, 0.2) is 0 Å². The Morgan fingerprint density at radius 1 is 1.04 bits per heavy atom. The fourth-order valence-corrected chi connectivity index (χ4v) is 3.89. The molecule has 1 aliphatic heterocycles. The fraction of sp³-hybridized carbons (Fsp3) is 0.304. The predicted octanol–water partition coefficient (Wildman–Crippen LogP) is 4.78. The molecule has 0 N–H and O–H groups in total. The molecule has 1 saturated heterocycles. The van der Waals surface area contributed by atoms with E-state index >= 15 is 0 Å². The van der Waals surface area contributed by atoms with Gasteiger partial charge >= 0.3 is 5.63 Å². The summed E-state index contributed by atoms with van der Waals surface area (Å²) < 4.78 is 5.62. The molecule has 138 valence electrons. The van der Waals surface area contributed by atoms with Crippen molar-refractivity contribution in [3.05, 3.63) is 70.3 Å². The first kappa shape index (κ1) is 17.5. The third-order valence-electron chi connectivity index (χ3n) is 5.44. The fourth-order valence-electron chi connectivity index (χ4n) is 3.89. The Bertz CT molecular complexity index is 1050. The van der Waals surface area contributed by atoms with E-state index in [1.165, 1.54) is 0 Å². The summed E-state index contributed by atoms with van der Waals surface area (Å²) >= 11 is 0. The molecule has 1 unspecified atom stereocenters. The maximum Gasteiger partial charge on any atom is 0.344 e. The number of hydrogen-bond acceptors (Lipinski definition) is 3. The summed E-state index contributed by atoms with van der Waals surface area (Å²) in [4.78, 5) is 27.8. The number of benzene rings is 2. The lowest BCUT2D eigenvalue weighted by Gasteiger charge is -2.33. The lowest BCUT2D eigenvalue weighted by atomic mass is 9.96. The molecule has 1 amide bonds. The van der Waals surface area contributed by atoms with E-state index in [2.05, 4.69) is 6.92 Å². The Labute approximate surface area is 158 Å². The van der Waals surface area contributed by atoms with E-state index in [-0.39, 0.29) is 17.7 Å². The molecule has 1 fully saturated rings. The molecule has 2 heterocycles.